The summed E-state index contributed by atoms with van der Waals surface area (Å²) in [4.78, 5) is 15.9. The van der Waals surface area contributed by atoms with Crippen LogP contribution in [0.4, 0.5) is 0 Å². The van der Waals surface area contributed by atoms with E-state index in [0.717, 1.165) is 22.8 Å². The molecule has 0 aliphatic rings. The van der Waals surface area contributed by atoms with Gasteiger partial charge >= 0.3 is 0 Å². The normalized spacial score (nSPS) is 9.25. The highest BCUT2D eigenvalue weighted by Gasteiger charge is 1.84. The lowest BCUT2D eigenvalue weighted by atomic mass is 10.2. The third-order valence-electron chi connectivity index (χ3n) is 4.22. The van der Waals surface area contributed by atoms with E-state index in [4.69, 9.17) is 0 Å². The van der Waals surface area contributed by atoms with Crippen LogP contribution in [-0.2, 0) is 0 Å². The average Bonchev–Trinajstić information content (AvgIpc) is 2.69. The second kappa shape index (κ2) is 14.6. The van der Waals surface area contributed by atoms with E-state index in [1.807, 2.05) is 58.3 Å². The highest BCUT2D eigenvalue weighted by Crippen LogP contribution is 2.00. The molecule has 0 N–H and O–H groups in total. The maximum absolute atomic E-state index is 4.04. The van der Waals surface area contributed by atoms with Crippen molar-refractivity contribution in [1.82, 2.24) is 19.9 Å². The molecule has 1 aromatic carbocycles. The van der Waals surface area contributed by atoms with Crippen LogP contribution in [0.2, 0.25) is 0 Å². The predicted octanol–water partition coefficient (Wildman–Crippen LogP) is 6.79. The fraction of sp³-hybridized carbons (Fsp3) is 0.286. The van der Waals surface area contributed by atoms with Crippen LogP contribution in [0.15, 0.2) is 73.3 Å². The number of nitrogens with zero attached hydrogens (tertiary/aromatic N) is 4. The third kappa shape index (κ3) is 13.0. The molecule has 0 atom stereocenters. The number of hydrogen-bond donors (Lipinski definition) is 0. The quantitative estimate of drug-likeness (QED) is 0.309. The van der Waals surface area contributed by atoms with Gasteiger partial charge in [-0.15, -0.1) is 0 Å². The largest absolute Gasteiger partial charge is 0.262 e. The molecule has 0 aliphatic heterocycles. The van der Waals surface area contributed by atoms with Crippen molar-refractivity contribution in [3.8, 4) is 0 Å². The average molecular weight is 429 g/mol. The van der Waals surface area contributed by atoms with E-state index in [0.29, 0.717) is 0 Å². The minimum Gasteiger partial charge on any atom is -0.262 e. The lowest BCUT2D eigenvalue weighted by Gasteiger charge is -1.90. The molecule has 32 heavy (non-hydrogen) atoms. The van der Waals surface area contributed by atoms with Crippen LogP contribution in [0.25, 0.3) is 0 Å². The van der Waals surface area contributed by atoms with Gasteiger partial charge in [-0.1, -0.05) is 35.4 Å². The minimum atomic E-state index is 1.03. The summed E-state index contributed by atoms with van der Waals surface area (Å²) in [5, 5.41) is 0. The van der Waals surface area contributed by atoms with E-state index in [-0.39, 0.29) is 0 Å². The summed E-state index contributed by atoms with van der Waals surface area (Å²) in [5.41, 5.74) is 9.45. The Hall–Kier alpha value is -3.40. The zero-order chi connectivity index (χ0) is 23.9. The van der Waals surface area contributed by atoms with Gasteiger partial charge in [0, 0.05) is 35.2 Å². The zero-order valence-electron chi connectivity index (χ0n) is 20.7. The van der Waals surface area contributed by atoms with Crippen molar-refractivity contribution in [3.63, 3.8) is 0 Å². The van der Waals surface area contributed by atoms with Gasteiger partial charge in [-0.05, 0) is 96.8 Å². The van der Waals surface area contributed by atoms with E-state index in [1.54, 1.807) is 6.33 Å². The highest BCUT2D eigenvalue weighted by molar-refractivity contribution is 5.20. The molecule has 4 heteroatoms. The standard InChI is InChI=1S/C8H10.2C7H9N.C6H8N2/c1-7-4-3-5-8(2)6-7;2*1-6-3-4-8-7(2)5-6;1-5-3-6(2)8-4-7-5/h3-6H,1-2H3;2*3-5H,1-2H3;3-4H,1-2H3. The van der Waals surface area contributed by atoms with E-state index >= 15 is 0 Å². The summed E-state index contributed by atoms with van der Waals surface area (Å²) in [7, 11) is 0. The molecule has 4 rings (SSSR count). The molecule has 0 saturated heterocycles. The maximum Gasteiger partial charge on any atom is 0.115 e. The number of aryl methyl sites for hydroxylation is 8. The van der Waals surface area contributed by atoms with Crippen molar-refractivity contribution >= 4 is 0 Å². The molecule has 0 spiro atoms. The fourth-order valence-electron chi connectivity index (χ4n) is 2.77. The molecular formula is C28H36N4. The topological polar surface area (TPSA) is 51.6 Å². The second-order valence-corrected chi connectivity index (χ2v) is 7.91. The van der Waals surface area contributed by atoms with Gasteiger partial charge in [-0.3, -0.25) is 9.97 Å². The van der Waals surface area contributed by atoms with Gasteiger partial charge in [0.05, 0.1) is 0 Å². The first-order chi connectivity index (χ1) is 15.2. The molecule has 0 amide bonds. The minimum absolute atomic E-state index is 1.03. The Kier molecular flexibility index (Phi) is 12.1. The lowest BCUT2D eigenvalue weighted by molar-refractivity contribution is 1.05. The molecule has 4 nitrogen and oxygen atoms in total. The third-order valence-corrected chi connectivity index (χ3v) is 4.22. The van der Waals surface area contributed by atoms with E-state index in [9.17, 15) is 0 Å². The Balaban J connectivity index is 0.000000213. The SMILES string of the molecule is Cc1cc(C)ncn1.Cc1cccc(C)c1.Cc1ccnc(C)c1.Cc1ccnc(C)c1. The Labute approximate surface area is 193 Å². The summed E-state index contributed by atoms with van der Waals surface area (Å²) < 4.78 is 0. The summed E-state index contributed by atoms with van der Waals surface area (Å²) in [6.45, 7) is 16.2. The Morgan fingerprint density at radius 2 is 0.781 bits per heavy atom. The van der Waals surface area contributed by atoms with Crippen molar-refractivity contribution in [2.75, 3.05) is 0 Å². The van der Waals surface area contributed by atoms with Gasteiger partial charge in [-0.25, -0.2) is 9.97 Å². The summed E-state index contributed by atoms with van der Waals surface area (Å²) in [6, 6.07) is 18.5. The van der Waals surface area contributed by atoms with E-state index in [2.05, 4.69) is 84.0 Å². The van der Waals surface area contributed by atoms with Crippen molar-refractivity contribution < 1.29 is 0 Å². The van der Waals surface area contributed by atoms with Crippen LogP contribution < -0.4 is 0 Å². The molecule has 3 heterocycles. The molecule has 168 valence electrons. The fourth-order valence-corrected chi connectivity index (χ4v) is 2.77. The van der Waals surface area contributed by atoms with Gasteiger partial charge < -0.3 is 0 Å². The molecule has 3 aromatic heterocycles. The molecule has 0 aliphatic carbocycles. The second-order valence-electron chi connectivity index (χ2n) is 7.91. The van der Waals surface area contributed by atoms with Gasteiger partial charge in [0.1, 0.15) is 6.33 Å². The molecule has 0 bridgehead atoms. The highest BCUT2D eigenvalue weighted by atomic mass is 14.8. The number of hydrogen-bond acceptors (Lipinski definition) is 4. The predicted molar refractivity (Wildman–Crippen MR) is 135 cm³/mol. The Morgan fingerprint density at radius 3 is 1.00 bits per heavy atom. The molecule has 4 aromatic rings. The van der Waals surface area contributed by atoms with Gasteiger partial charge in [0.2, 0.25) is 0 Å². The number of benzene rings is 1. The Bertz CT molecular complexity index is 831. The Morgan fingerprint density at radius 1 is 0.406 bits per heavy atom. The van der Waals surface area contributed by atoms with Crippen molar-refractivity contribution in [2.45, 2.75) is 55.4 Å². The van der Waals surface area contributed by atoms with Crippen LogP contribution in [0.5, 0.6) is 0 Å². The van der Waals surface area contributed by atoms with Crippen LogP contribution in [-0.4, -0.2) is 19.9 Å². The van der Waals surface area contributed by atoms with Crippen molar-refractivity contribution in [1.29, 1.82) is 0 Å². The van der Waals surface area contributed by atoms with Crippen LogP contribution >= 0.6 is 0 Å². The smallest absolute Gasteiger partial charge is 0.115 e. The summed E-state index contributed by atoms with van der Waals surface area (Å²) in [5.74, 6) is 0. The number of rotatable bonds is 0. The van der Waals surface area contributed by atoms with E-state index < -0.39 is 0 Å². The number of aromatic nitrogens is 4. The van der Waals surface area contributed by atoms with Crippen molar-refractivity contribution in [2.24, 2.45) is 0 Å². The van der Waals surface area contributed by atoms with Crippen LogP contribution in [0.3, 0.4) is 0 Å². The van der Waals surface area contributed by atoms with Gasteiger partial charge in [0.25, 0.3) is 0 Å². The molecule has 0 fully saturated rings. The maximum atomic E-state index is 4.04. The van der Waals surface area contributed by atoms with Gasteiger partial charge in [0.15, 0.2) is 0 Å². The van der Waals surface area contributed by atoms with Crippen LogP contribution in [0, 0.1) is 55.4 Å². The monoisotopic (exact) mass is 428 g/mol. The van der Waals surface area contributed by atoms with Crippen molar-refractivity contribution in [3.05, 3.63) is 118 Å². The van der Waals surface area contributed by atoms with Gasteiger partial charge in [-0.2, -0.15) is 0 Å². The molecule has 0 saturated carbocycles. The first-order valence-electron chi connectivity index (χ1n) is 10.7. The van der Waals surface area contributed by atoms with Crippen LogP contribution in [0.1, 0.15) is 45.0 Å². The number of pyridine rings is 2. The zero-order valence-corrected chi connectivity index (χ0v) is 20.7. The summed E-state index contributed by atoms with van der Waals surface area (Å²) >= 11 is 0. The first kappa shape index (κ1) is 26.6. The molecular weight excluding hydrogens is 392 g/mol. The van der Waals surface area contributed by atoms with E-state index in [1.165, 1.54) is 22.3 Å². The summed E-state index contributed by atoms with van der Waals surface area (Å²) in [6.07, 6.45) is 5.22. The molecule has 0 unspecified atom stereocenters. The lowest BCUT2D eigenvalue weighted by Crippen LogP contribution is -1.84. The first-order valence-corrected chi connectivity index (χ1v) is 10.7. The molecule has 0 radical (unpaired) electrons.